The largest absolute Gasteiger partial charge is 0.394 e. The van der Waals surface area contributed by atoms with E-state index in [1.807, 2.05) is 11.8 Å². The second-order valence-electron chi connectivity index (χ2n) is 5.89. The molecule has 6 nitrogen and oxygen atoms in total. The zero-order valence-electron chi connectivity index (χ0n) is 12.0. The molecule has 2 N–H and O–H groups in total. The number of nitrogens with zero attached hydrogens (tertiary/aromatic N) is 2. The van der Waals surface area contributed by atoms with Crippen LogP contribution in [0.3, 0.4) is 0 Å². The van der Waals surface area contributed by atoms with Gasteiger partial charge < -0.3 is 15.2 Å². The van der Waals surface area contributed by atoms with Crippen LogP contribution in [0.5, 0.6) is 0 Å². The Labute approximate surface area is 119 Å². The zero-order valence-corrected chi connectivity index (χ0v) is 12.0. The fourth-order valence-electron chi connectivity index (χ4n) is 3.12. The van der Waals surface area contributed by atoms with Crippen molar-refractivity contribution in [3.8, 4) is 6.07 Å². The number of hydrogen-bond acceptors (Lipinski definition) is 5. The van der Waals surface area contributed by atoms with Crippen LogP contribution >= 0.6 is 0 Å². The van der Waals surface area contributed by atoms with Gasteiger partial charge in [0.25, 0.3) is 0 Å². The number of carbonyl (C=O) groups is 1. The average molecular weight is 281 g/mol. The van der Waals surface area contributed by atoms with Crippen LogP contribution in [0, 0.1) is 11.3 Å². The van der Waals surface area contributed by atoms with E-state index in [0.29, 0.717) is 13.1 Å². The maximum Gasteiger partial charge on any atom is 0.235 e. The Bertz CT molecular complexity index is 388. The molecule has 112 valence electrons. The quantitative estimate of drug-likeness (QED) is 0.759. The molecule has 20 heavy (non-hydrogen) atoms. The second-order valence-corrected chi connectivity index (χ2v) is 5.89. The van der Waals surface area contributed by atoms with Crippen LogP contribution in [0.2, 0.25) is 0 Å². The molecule has 1 aliphatic carbocycles. The molecule has 0 aromatic heterocycles. The van der Waals surface area contributed by atoms with E-state index >= 15 is 0 Å². The Balaban J connectivity index is 1.86. The van der Waals surface area contributed by atoms with Crippen molar-refractivity contribution in [3.63, 3.8) is 0 Å². The fourth-order valence-corrected chi connectivity index (χ4v) is 3.12. The summed E-state index contributed by atoms with van der Waals surface area (Å²) in [4.78, 5) is 14.1. The van der Waals surface area contributed by atoms with Crippen LogP contribution in [0.4, 0.5) is 0 Å². The van der Waals surface area contributed by atoms with Crippen molar-refractivity contribution in [1.82, 2.24) is 10.2 Å². The van der Waals surface area contributed by atoms with Gasteiger partial charge in [0.2, 0.25) is 5.91 Å². The highest BCUT2D eigenvalue weighted by atomic mass is 16.5. The Morgan fingerprint density at radius 2 is 2.20 bits per heavy atom. The molecule has 0 aromatic carbocycles. The summed E-state index contributed by atoms with van der Waals surface area (Å²) in [6.45, 7) is 3.37. The number of aliphatic hydroxyl groups excluding tert-OH is 1. The summed E-state index contributed by atoms with van der Waals surface area (Å²) in [5, 5.41) is 21.3. The molecule has 2 unspecified atom stereocenters. The summed E-state index contributed by atoms with van der Waals surface area (Å²) in [5.41, 5.74) is -0.661. The lowest BCUT2D eigenvalue weighted by molar-refractivity contribution is -0.129. The van der Waals surface area contributed by atoms with E-state index in [4.69, 9.17) is 4.74 Å². The van der Waals surface area contributed by atoms with Crippen molar-refractivity contribution >= 4 is 5.91 Å². The summed E-state index contributed by atoms with van der Waals surface area (Å²) >= 11 is 0. The summed E-state index contributed by atoms with van der Waals surface area (Å²) in [6.07, 6.45) is 3.25. The molecule has 1 aliphatic heterocycles. The highest BCUT2D eigenvalue weighted by Gasteiger charge is 2.36. The van der Waals surface area contributed by atoms with Gasteiger partial charge in [0.1, 0.15) is 5.54 Å². The predicted octanol–water partition coefficient (Wildman–Crippen LogP) is 0.0206. The van der Waals surface area contributed by atoms with E-state index < -0.39 is 5.54 Å². The molecule has 1 saturated heterocycles. The first-order valence-electron chi connectivity index (χ1n) is 7.28. The molecule has 2 rings (SSSR count). The van der Waals surface area contributed by atoms with Crippen LogP contribution < -0.4 is 5.32 Å². The predicted molar refractivity (Wildman–Crippen MR) is 72.8 cm³/mol. The SMILES string of the molecule is CC1CN(CC(=O)NC2(C#N)CCCC2)CC(CO)O1. The monoisotopic (exact) mass is 281 g/mol. The van der Waals surface area contributed by atoms with Gasteiger partial charge in [0.05, 0.1) is 31.4 Å². The lowest BCUT2D eigenvalue weighted by Crippen LogP contribution is -2.54. The van der Waals surface area contributed by atoms with Gasteiger partial charge in [0.15, 0.2) is 0 Å². The molecule has 0 spiro atoms. The molecule has 1 heterocycles. The standard InChI is InChI=1S/C14H23N3O3/c1-11-6-17(7-12(9-18)20-11)8-13(19)16-14(10-15)4-2-3-5-14/h11-12,18H,2-9H2,1H3,(H,16,19). The normalized spacial score (nSPS) is 29.9. The average Bonchev–Trinajstić information content (AvgIpc) is 2.86. The van der Waals surface area contributed by atoms with Crippen molar-refractivity contribution in [2.75, 3.05) is 26.2 Å². The maximum atomic E-state index is 12.1. The van der Waals surface area contributed by atoms with Crippen LogP contribution in [0.1, 0.15) is 32.6 Å². The Morgan fingerprint density at radius 1 is 1.50 bits per heavy atom. The maximum absolute atomic E-state index is 12.1. The molecule has 2 atom stereocenters. The van der Waals surface area contributed by atoms with Crippen molar-refractivity contribution in [3.05, 3.63) is 0 Å². The molecule has 1 saturated carbocycles. The minimum absolute atomic E-state index is 0.00473. The molecule has 0 bridgehead atoms. The van der Waals surface area contributed by atoms with Gasteiger partial charge in [0, 0.05) is 13.1 Å². The first-order valence-corrected chi connectivity index (χ1v) is 7.28. The number of carbonyl (C=O) groups excluding carboxylic acids is 1. The highest BCUT2D eigenvalue weighted by Crippen LogP contribution is 2.28. The number of aliphatic hydroxyl groups is 1. The first-order chi connectivity index (χ1) is 9.57. The molecule has 2 aliphatic rings. The van der Waals surface area contributed by atoms with Gasteiger partial charge >= 0.3 is 0 Å². The number of hydrogen-bond donors (Lipinski definition) is 2. The Hall–Kier alpha value is -1.16. The van der Waals surface area contributed by atoms with Gasteiger partial charge in [-0.05, 0) is 32.6 Å². The molecule has 0 aromatic rings. The van der Waals surface area contributed by atoms with Crippen molar-refractivity contribution in [1.29, 1.82) is 5.26 Å². The number of nitrogens with one attached hydrogen (secondary N) is 1. The molecule has 6 heteroatoms. The topological polar surface area (TPSA) is 85.6 Å². The van der Waals surface area contributed by atoms with E-state index in [1.165, 1.54) is 0 Å². The number of ether oxygens (including phenoxy) is 1. The molecular weight excluding hydrogens is 258 g/mol. The summed E-state index contributed by atoms with van der Waals surface area (Å²) in [7, 11) is 0. The third-order valence-electron chi connectivity index (χ3n) is 4.02. The number of rotatable bonds is 4. The molecule has 0 radical (unpaired) electrons. The van der Waals surface area contributed by atoms with Crippen LogP contribution in [-0.4, -0.2) is 59.9 Å². The Morgan fingerprint density at radius 3 is 2.80 bits per heavy atom. The number of morpholine rings is 1. The van der Waals surface area contributed by atoms with Crippen LogP contribution in [0.15, 0.2) is 0 Å². The molecule has 2 fully saturated rings. The third-order valence-corrected chi connectivity index (χ3v) is 4.02. The van der Waals surface area contributed by atoms with E-state index in [2.05, 4.69) is 11.4 Å². The highest BCUT2D eigenvalue weighted by molar-refractivity contribution is 5.79. The van der Waals surface area contributed by atoms with Gasteiger partial charge in [-0.15, -0.1) is 0 Å². The van der Waals surface area contributed by atoms with Crippen molar-refractivity contribution in [2.45, 2.75) is 50.4 Å². The van der Waals surface area contributed by atoms with Gasteiger partial charge in [-0.25, -0.2) is 0 Å². The zero-order chi connectivity index (χ0) is 14.6. The first kappa shape index (κ1) is 15.2. The fraction of sp³-hybridized carbons (Fsp3) is 0.857. The third kappa shape index (κ3) is 3.69. The van der Waals surface area contributed by atoms with Crippen LogP contribution in [-0.2, 0) is 9.53 Å². The van der Waals surface area contributed by atoms with E-state index in [1.54, 1.807) is 0 Å². The van der Waals surface area contributed by atoms with E-state index in [-0.39, 0.29) is 31.3 Å². The van der Waals surface area contributed by atoms with Gasteiger partial charge in [-0.2, -0.15) is 5.26 Å². The number of amides is 1. The minimum Gasteiger partial charge on any atom is -0.394 e. The molecular formula is C14H23N3O3. The second kappa shape index (κ2) is 6.53. The molecule has 1 amide bonds. The van der Waals surface area contributed by atoms with Crippen LogP contribution in [0.25, 0.3) is 0 Å². The van der Waals surface area contributed by atoms with Gasteiger partial charge in [-0.3, -0.25) is 9.69 Å². The lowest BCUT2D eigenvalue weighted by Gasteiger charge is -2.36. The van der Waals surface area contributed by atoms with E-state index in [9.17, 15) is 15.2 Å². The Kier molecular flexibility index (Phi) is 4.97. The van der Waals surface area contributed by atoms with E-state index in [0.717, 1.165) is 25.7 Å². The van der Waals surface area contributed by atoms with Crippen molar-refractivity contribution in [2.24, 2.45) is 0 Å². The van der Waals surface area contributed by atoms with Gasteiger partial charge in [-0.1, -0.05) is 0 Å². The summed E-state index contributed by atoms with van der Waals surface area (Å²) in [6, 6.07) is 2.26. The smallest absolute Gasteiger partial charge is 0.235 e. The minimum atomic E-state index is -0.661. The number of nitriles is 1. The van der Waals surface area contributed by atoms with Crippen molar-refractivity contribution < 1.29 is 14.6 Å². The lowest BCUT2D eigenvalue weighted by atomic mass is 10.00. The summed E-state index contributed by atoms with van der Waals surface area (Å²) < 4.78 is 5.55. The summed E-state index contributed by atoms with van der Waals surface area (Å²) in [5.74, 6) is -0.112.